The molecule has 1 aliphatic rings. The van der Waals surface area contributed by atoms with Crippen LogP contribution in [0, 0.1) is 0 Å². The first kappa shape index (κ1) is 6.42. The largest absolute Gasteiger partial charge is 0.378 e. The van der Waals surface area contributed by atoms with Crippen LogP contribution in [0.3, 0.4) is 0 Å². The Morgan fingerprint density at radius 2 is 2.44 bits per heavy atom. The van der Waals surface area contributed by atoms with Crippen LogP contribution < -0.4 is 10.6 Å². The van der Waals surface area contributed by atoms with Gasteiger partial charge in [0.05, 0.1) is 5.88 Å². The summed E-state index contributed by atoms with van der Waals surface area (Å²) in [6, 6.07) is -0.267. The van der Waals surface area contributed by atoms with Crippen LogP contribution in [0.15, 0.2) is 12.4 Å². The lowest BCUT2D eigenvalue weighted by atomic mass is 10.3. The van der Waals surface area contributed by atoms with E-state index in [1.54, 1.807) is 12.4 Å². The maximum absolute atomic E-state index is 10.7. The summed E-state index contributed by atoms with van der Waals surface area (Å²) in [5, 5.41) is 5.31. The van der Waals surface area contributed by atoms with E-state index in [-0.39, 0.29) is 11.9 Å². The van der Waals surface area contributed by atoms with E-state index in [1.165, 1.54) is 0 Å². The molecule has 50 valence electrons. The lowest BCUT2D eigenvalue weighted by Gasteiger charge is -2.16. The first-order valence-electron chi connectivity index (χ1n) is 2.62. The summed E-state index contributed by atoms with van der Waals surface area (Å²) in [4.78, 5) is 10.7. The van der Waals surface area contributed by atoms with E-state index < -0.39 is 0 Å². The van der Waals surface area contributed by atoms with Gasteiger partial charge in [-0.3, -0.25) is 4.79 Å². The third-order valence-corrected chi connectivity index (χ3v) is 1.39. The second-order valence-electron chi connectivity index (χ2n) is 1.72. The SMILES string of the molecule is O=C1NC=CNC1CCl. The molecule has 1 unspecified atom stereocenters. The van der Waals surface area contributed by atoms with Crippen molar-refractivity contribution in [1.29, 1.82) is 0 Å². The Balaban J connectivity index is 2.53. The topological polar surface area (TPSA) is 41.1 Å². The first-order valence-corrected chi connectivity index (χ1v) is 3.15. The molecule has 0 spiro atoms. The van der Waals surface area contributed by atoms with Crippen molar-refractivity contribution < 1.29 is 4.79 Å². The van der Waals surface area contributed by atoms with Gasteiger partial charge in [-0.25, -0.2) is 0 Å². The summed E-state index contributed by atoms with van der Waals surface area (Å²) in [5.74, 6) is 0.225. The van der Waals surface area contributed by atoms with Gasteiger partial charge in [-0.15, -0.1) is 11.6 Å². The average molecular weight is 147 g/mol. The fourth-order valence-electron chi connectivity index (χ4n) is 0.579. The quantitative estimate of drug-likeness (QED) is 0.503. The van der Waals surface area contributed by atoms with E-state index in [9.17, 15) is 4.79 Å². The highest BCUT2D eigenvalue weighted by atomic mass is 35.5. The number of nitrogens with one attached hydrogen (secondary N) is 2. The molecule has 0 radical (unpaired) electrons. The van der Waals surface area contributed by atoms with Crippen LogP contribution in [0.2, 0.25) is 0 Å². The molecule has 0 aromatic rings. The Kier molecular flexibility index (Phi) is 1.95. The molecule has 4 heteroatoms. The number of carbonyl (C=O) groups excluding carboxylic acids is 1. The van der Waals surface area contributed by atoms with Gasteiger partial charge >= 0.3 is 0 Å². The normalized spacial score (nSPS) is 25.0. The summed E-state index contributed by atoms with van der Waals surface area (Å²) in [7, 11) is 0. The van der Waals surface area contributed by atoms with Crippen molar-refractivity contribution in [2.24, 2.45) is 0 Å². The van der Waals surface area contributed by atoms with E-state index in [0.29, 0.717) is 5.88 Å². The molecule has 0 fully saturated rings. The third-order valence-electron chi connectivity index (χ3n) is 1.08. The second kappa shape index (κ2) is 2.73. The molecule has 0 aromatic carbocycles. The van der Waals surface area contributed by atoms with E-state index in [1.807, 2.05) is 0 Å². The predicted octanol–water partition coefficient (Wildman–Crippen LogP) is -0.216. The molecule has 1 rings (SSSR count). The fourth-order valence-corrected chi connectivity index (χ4v) is 0.808. The van der Waals surface area contributed by atoms with Crippen LogP contribution >= 0.6 is 11.6 Å². The molecule has 0 bridgehead atoms. The lowest BCUT2D eigenvalue weighted by molar-refractivity contribution is -0.121. The lowest BCUT2D eigenvalue weighted by Crippen LogP contribution is -2.44. The Hall–Kier alpha value is -0.700. The smallest absolute Gasteiger partial charge is 0.247 e. The zero-order chi connectivity index (χ0) is 6.69. The summed E-state index contributed by atoms with van der Waals surface area (Å²) < 4.78 is 0. The summed E-state index contributed by atoms with van der Waals surface area (Å²) in [6.07, 6.45) is 3.21. The van der Waals surface area contributed by atoms with Gasteiger partial charge in [0, 0.05) is 12.4 Å². The van der Waals surface area contributed by atoms with Gasteiger partial charge < -0.3 is 10.6 Å². The van der Waals surface area contributed by atoms with Gasteiger partial charge in [-0.05, 0) is 0 Å². The summed E-state index contributed by atoms with van der Waals surface area (Å²) >= 11 is 5.42. The van der Waals surface area contributed by atoms with Gasteiger partial charge in [0.2, 0.25) is 5.91 Å². The number of halogens is 1. The van der Waals surface area contributed by atoms with E-state index in [2.05, 4.69) is 10.6 Å². The standard InChI is InChI=1S/C5H7ClN2O/c6-3-4-5(9)8-2-1-7-4/h1-2,4,7H,3H2,(H,8,9). The van der Waals surface area contributed by atoms with Crippen LogP contribution in [0.1, 0.15) is 0 Å². The monoisotopic (exact) mass is 146 g/mol. The molecule has 1 heterocycles. The molecule has 0 aromatic heterocycles. The van der Waals surface area contributed by atoms with Crippen molar-refractivity contribution in [1.82, 2.24) is 10.6 Å². The summed E-state index contributed by atoms with van der Waals surface area (Å²) in [6.45, 7) is 0. The molecular formula is C5H7ClN2O. The van der Waals surface area contributed by atoms with Crippen molar-refractivity contribution in [3.8, 4) is 0 Å². The van der Waals surface area contributed by atoms with Crippen molar-refractivity contribution in [2.75, 3.05) is 5.88 Å². The Labute approximate surface area is 58.1 Å². The molecule has 1 aliphatic heterocycles. The second-order valence-corrected chi connectivity index (χ2v) is 2.02. The minimum Gasteiger partial charge on any atom is -0.378 e. The van der Waals surface area contributed by atoms with Gasteiger partial charge in [-0.1, -0.05) is 0 Å². The number of hydrogen-bond donors (Lipinski definition) is 2. The fraction of sp³-hybridized carbons (Fsp3) is 0.400. The molecule has 3 nitrogen and oxygen atoms in total. The van der Waals surface area contributed by atoms with Crippen molar-refractivity contribution in [2.45, 2.75) is 6.04 Å². The minimum absolute atomic E-state index is 0.0764. The van der Waals surface area contributed by atoms with Crippen molar-refractivity contribution in [3.63, 3.8) is 0 Å². The molecule has 2 N–H and O–H groups in total. The van der Waals surface area contributed by atoms with Crippen LogP contribution in [-0.4, -0.2) is 17.8 Å². The first-order chi connectivity index (χ1) is 4.34. The molecule has 1 atom stereocenters. The highest BCUT2D eigenvalue weighted by molar-refractivity contribution is 6.20. The van der Waals surface area contributed by atoms with Crippen molar-refractivity contribution >= 4 is 17.5 Å². The van der Waals surface area contributed by atoms with E-state index in [4.69, 9.17) is 11.6 Å². The zero-order valence-electron chi connectivity index (χ0n) is 4.73. The maximum Gasteiger partial charge on any atom is 0.247 e. The van der Waals surface area contributed by atoms with E-state index >= 15 is 0 Å². The van der Waals surface area contributed by atoms with Crippen LogP contribution in [0.5, 0.6) is 0 Å². The van der Waals surface area contributed by atoms with Gasteiger partial charge in [0.15, 0.2) is 0 Å². The third kappa shape index (κ3) is 1.36. The number of alkyl halides is 1. The van der Waals surface area contributed by atoms with Crippen LogP contribution in [0.25, 0.3) is 0 Å². The molecule has 0 saturated heterocycles. The molecule has 9 heavy (non-hydrogen) atoms. The Morgan fingerprint density at radius 3 is 2.89 bits per heavy atom. The minimum atomic E-state index is -0.267. The molecule has 0 aliphatic carbocycles. The van der Waals surface area contributed by atoms with E-state index in [0.717, 1.165) is 0 Å². The molecular weight excluding hydrogens is 140 g/mol. The van der Waals surface area contributed by atoms with Gasteiger partial charge in [0.25, 0.3) is 0 Å². The average Bonchev–Trinajstić information content (AvgIpc) is 1.89. The zero-order valence-corrected chi connectivity index (χ0v) is 5.48. The highest BCUT2D eigenvalue weighted by Gasteiger charge is 2.15. The Morgan fingerprint density at radius 1 is 1.67 bits per heavy atom. The number of rotatable bonds is 1. The highest BCUT2D eigenvalue weighted by Crippen LogP contribution is 1.91. The maximum atomic E-state index is 10.7. The molecule has 0 saturated carbocycles. The van der Waals surface area contributed by atoms with Gasteiger partial charge in [0.1, 0.15) is 6.04 Å². The van der Waals surface area contributed by atoms with Crippen LogP contribution in [-0.2, 0) is 4.79 Å². The molecule has 1 amide bonds. The van der Waals surface area contributed by atoms with Crippen LogP contribution in [0.4, 0.5) is 0 Å². The number of hydrogen-bond acceptors (Lipinski definition) is 2. The Bertz CT molecular complexity index is 146. The predicted molar refractivity (Wildman–Crippen MR) is 34.9 cm³/mol. The summed E-state index contributed by atoms with van der Waals surface area (Å²) in [5.41, 5.74) is 0. The van der Waals surface area contributed by atoms with Gasteiger partial charge in [-0.2, -0.15) is 0 Å². The van der Waals surface area contributed by atoms with Crippen molar-refractivity contribution in [3.05, 3.63) is 12.4 Å². The number of carbonyl (C=O) groups is 1. The number of amides is 1.